The summed E-state index contributed by atoms with van der Waals surface area (Å²) in [6, 6.07) is -0.481. The van der Waals surface area contributed by atoms with Gasteiger partial charge >= 0.3 is 0 Å². The molecule has 0 saturated carbocycles. The minimum absolute atomic E-state index is 0.376. The molecule has 0 bridgehead atoms. The summed E-state index contributed by atoms with van der Waals surface area (Å²) in [5.41, 5.74) is -1.20. The SMILES string of the molecule is B[C@@H]1O[C@](C=C)(CO)[C@@H](O)[C@H]1O. The van der Waals surface area contributed by atoms with Gasteiger partial charge in [-0.25, -0.2) is 0 Å². The summed E-state index contributed by atoms with van der Waals surface area (Å²) in [6.45, 7) is 3.07. The highest BCUT2D eigenvalue weighted by molar-refractivity contribution is 6.11. The predicted octanol–water partition coefficient (Wildman–Crippen LogP) is -2.39. The number of aliphatic hydroxyl groups excluding tert-OH is 3. The zero-order valence-electron chi connectivity index (χ0n) is 6.97. The lowest BCUT2D eigenvalue weighted by atomic mass is 9.89. The molecule has 4 atom stereocenters. The Bertz CT molecular complexity index is 186. The quantitative estimate of drug-likeness (QED) is 0.321. The third-order valence-electron chi connectivity index (χ3n) is 2.30. The first kappa shape index (κ1) is 9.73. The van der Waals surface area contributed by atoms with Crippen molar-refractivity contribution in [3.8, 4) is 0 Å². The summed E-state index contributed by atoms with van der Waals surface area (Å²) in [7, 11) is 1.63. The summed E-state index contributed by atoms with van der Waals surface area (Å²) < 4.78 is 5.20. The van der Waals surface area contributed by atoms with Gasteiger partial charge in [0.1, 0.15) is 25.7 Å². The van der Waals surface area contributed by atoms with Crippen molar-refractivity contribution in [1.29, 1.82) is 0 Å². The second-order valence-corrected chi connectivity index (χ2v) is 3.08. The van der Waals surface area contributed by atoms with Gasteiger partial charge in [-0.15, -0.1) is 6.58 Å². The average molecular weight is 172 g/mol. The van der Waals surface area contributed by atoms with E-state index in [1.165, 1.54) is 6.08 Å². The topological polar surface area (TPSA) is 69.9 Å². The lowest BCUT2D eigenvalue weighted by Crippen LogP contribution is -2.44. The van der Waals surface area contributed by atoms with Crippen LogP contribution in [0.15, 0.2) is 12.7 Å². The molecule has 4 nitrogen and oxygen atoms in total. The number of hydrogen-bond donors (Lipinski definition) is 3. The highest BCUT2D eigenvalue weighted by atomic mass is 16.6. The highest BCUT2D eigenvalue weighted by Crippen LogP contribution is 2.30. The van der Waals surface area contributed by atoms with Crippen LogP contribution in [0.25, 0.3) is 0 Å². The number of rotatable bonds is 2. The van der Waals surface area contributed by atoms with E-state index in [2.05, 4.69) is 6.58 Å². The fraction of sp³-hybridized carbons (Fsp3) is 0.714. The zero-order chi connectivity index (χ0) is 9.35. The second kappa shape index (κ2) is 3.18. The van der Waals surface area contributed by atoms with Gasteiger partial charge in [-0.2, -0.15) is 0 Å². The van der Waals surface area contributed by atoms with E-state index in [1.54, 1.807) is 7.85 Å². The first-order valence-electron chi connectivity index (χ1n) is 3.86. The summed E-state index contributed by atoms with van der Waals surface area (Å²) in [5.74, 6) is 0. The zero-order valence-corrected chi connectivity index (χ0v) is 6.97. The van der Waals surface area contributed by atoms with Crippen molar-refractivity contribution in [2.24, 2.45) is 0 Å². The van der Waals surface area contributed by atoms with Gasteiger partial charge in [-0.3, -0.25) is 0 Å². The molecule has 0 aliphatic carbocycles. The van der Waals surface area contributed by atoms with Gasteiger partial charge in [-0.05, 0) is 0 Å². The first-order chi connectivity index (χ1) is 5.57. The molecule has 1 heterocycles. The van der Waals surface area contributed by atoms with Crippen molar-refractivity contribution in [2.45, 2.75) is 23.8 Å². The maximum Gasteiger partial charge on any atom is 0.142 e. The van der Waals surface area contributed by atoms with Gasteiger partial charge in [0.05, 0.1) is 12.6 Å². The second-order valence-electron chi connectivity index (χ2n) is 3.08. The van der Waals surface area contributed by atoms with E-state index < -0.39 is 23.8 Å². The van der Waals surface area contributed by atoms with E-state index in [-0.39, 0.29) is 6.61 Å². The highest BCUT2D eigenvalue weighted by Gasteiger charge is 2.50. The standard InChI is InChI=1S/C7H13BO4/c1-2-7(3-9)5(11)4(10)6(8)12-7/h2,4-6,9-11H,1,3,8H2/t4-,5+,6-,7-/m1/s1. The van der Waals surface area contributed by atoms with Gasteiger partial charge < -0.3 is 20.1 Å². The number of ether oxygens (including phenoxy) is 1. The molecule has 12 heavy (non-hydrogen) atoms. The van der Waals surface area contributed by atoms with Crippen molar-refractivity contribution >= 4 is 7.85 Å². The van der Waals surface area contributed by atoms with E-state index in [4.69, 9.17) is 9.84 Å². The molecular formula is C7H13BO4. The van der Waals surface area contributed by atoms with Crippen LogP contribution in [0, 0.1) is 0 Å². The Balaban J connectivity index is 2.86. The van der Waals surface area contributed by atoms with Crippen LogP contribution in [0.4, 0.5) is 0 Å². The Hall–Kier alpha value is -0.355. The molecule has 5 heteroatoms. The fourth-order valence-corrected chi connectivity index (χ4v) is 1.40. The van der Waals surface area contributed by atoms with E-state index in [1.807, 2.05) is 0 Å². The third kappa shape index (κ3) is 1.19. The molecule has 1 aliphatic heterocycles. The van der Waals surface area contributed by atoms with E-state index in [9.17, 15) is 10.2 Å². The molecule has 1 aliphatic rings. The van der Waals surface area contributed by atoms with E-state index in [0.29, 0.717) is 0 Å². The van der Waals surface area contributed by atoms with Gasteiger partial charge in [0.25, 0.3) is 0 Å². The Kier molecular flexibility index (Phi) is 2.58. The van der Waals surface area contributed by atoms with Crippen LogP contribution >= 0.6 is 0 Å². The summed E-state index contributed by atoms with van der Waals surface area (Å²) in [6.07, 6.45) is -0.741. The van der Waals surface area contributed by atoms with Crippen molar-refractivity contribution in [2.75, 3.05) is 6.61 Å². The van der Waals surface area contributed by atoms with E-state index >= 15 is 0 Å². The molecule has 1 rings (SSSR count). The number of aliphatic hydroxyl groups is 3. The molecule has 1 fully saturated rings. The first-order valence-corrected chi connectivity index (χ1v) is 3.86. The average Bonchev–Trinajstić information content (AvgIpc) is 2.30. The van der Waals surface area contributed by atoms with Crippen LogP contribution < -0.4 is 0 Å². The monoisotopic (exact) mass is 172 g/mol. The summed E-state index contributed by atoms with van der Waals surface area (Å²) in [4.78, 5) is 0. The Labute approximate surface area is 71.9 Å². The molecule has 1 saturated heterocycles. The summed E-state index contributed by atoms with van der Waals surface area (Å²) >= 11 is 0. The van der Waals surface area contributed by atoms with Crippen LogP contribution in [-0.4, -0.2) is 53.6 Å². The Morgan fingerprint density at radius 2 is 2.17 bits per heavy atom. The van der Waals surface area contributed by atoms with Gasteiger partial charge in [-0.1, -0.05) is 6.08 Å². The maximum absolute atomic E-state index is 9.47. The molecular weight excluding hydrogens is 159 g/mol. The van der Waals surface area contributed by atoms with Crippen molar-refractivity contribution in [3.05, 3.63) is 12.7 Å². The molecule has 0 spiro atoms. The molecule has 0 unspecified atom stereocenters. The molecule has 3 N–H and O–H groups in total. The van der Waals surface area contributed by atoms with Gasteiger partial charge in [0.2, 0.25) is 0 Å². The predicted molar refractivity (Wildman–Crippen MR) is 45.4 cm³/mol. The summed E-state index contributed by atoms with van der Waals surface area (Å²) in [5, 5.41) is 27.8. The van der Waals surface area contributed by atoms with Gasteiger partial charge in [0, 0.05) is 0 Å². The molecule has 0 aromatic heterocycles. The van der Waals surface area contributed by atoms with Crippen LogP contribution in [0.1, 0.15) is 0 Å². The fourth-order valence-electron chi connectivity index (χ4n) is 1.40. The van der Waals surface area contributed by atoms with Gasteiger partial charge in [0.15, 0.2) is 0 Å². The Morgan fingerprint density at radius 1 is 1.58 bits per heavy atom. The Morgan fingerprint density at radius 3 is 2.33 bits per heavy atom. The minimum atomic E-state index is -1.20. The van der Waals surface area contributed by atoms with Crippen LogP contribution in [0.5, 0.6) is 0 Å². The minimum Gasteiger partial charge on any atom is -0.393 e. The third-order valence-corrected chi connectivity index (χ3v) is 2.30. The lowest BCUT2D eigenvalue weighted by molar-refractivity contribution is -0.0653. The molecule has 0 amide bonds. The van der Waals surface area contributed by atoms with Crippen molar-refractivity contribution in [1.82, 2.24) is 0 Å². The molecule has 0 aromatic carbocycles. The van der Waals surface area contributed by atoms with Crippen LogP contribution in [-0.2, 0) is 4.74 Å². The van der Waals surface area contributed by atoms with Crippen molar-refractivity contribution < 1.29 is 20.1 Å². The normalized spacial score (nSPS) is 47.8. The van der Waals surface area contributed by atoms with Crippen molar-refractivity contribution in [3.63, 3.8) is 0 Å². The molecule has 68 valence electrons. The largest absolute Gasteiger partial charge is 0.393 e. The maximum atomic E-state index is 9.47. The molecule has 0 radical (unpaired) electrons. The van der Waals surface area contributed by atoms with E-state index in [0.717, 1.165) is 0 Å². The lowest BCUT2D eigenvalue weighted by Gasteiger charge is -2.25. The van der Waals surface area contributed by atoms with Crippen LogP contribution in [0.2, 0.25) is 0 Å². The molecule has 0 aromatic rings. The number of hydrogen-bond acceptors (Lipinski definition) is 4. The van der Waals surface area contributed by atoms with Crippen LogP contribution in [0.3, 0.4) is 0 Å². The smallest absolute Gasteiger partial charge is 0.142 e.